The summed E-state index contributed by atoms with van der Waals surface area (Å²) in [6.45, 7) is 4.71. The van der Waals surface area contributed by atoms with Gasteiger partial charge in [0, 0.05) is 5.57 Å². The molecule has 20 heavy (non-hydrogen) atoms. The van der Waals surface area contributed by atoms with Gasteiger partial charge in [0.15, 0.2) is 0 Å². The summed E-state index contributed by atoms with van der Waals surface area (Å²) in [6, 6.07) is 4.37. The monoisotopic (exact) mass is 279 g/mol. The Kier molecular flexibility index (Phi) is 4.16. The normalized spacial score (nSPS) is 10.3. The molecule has 0 radical (unpaired) electrons. The number of hydrogen-bond acceptors (Lipinski definition) is 3. The average molecular weight is 279 g/mol. The van der Waals surface area contributed by atoms with Gasteiger partial charge in [-0.25, -0.2) is 0 Å². The Balaban J connectivity index is 3.46. The van der Waals surface area contributed by atoms with Crippen LogP contribution in [0.5, 0.6) is 0 Å². The van der Waals surface area contributed by atoms with Crippen molar-refractivity contribution in [2.24, 2.45) is 0 Å². The Morgan fingerprint density at radius 3 is 2.20 bits per heavy atom. The van der Waals surface area contributed by atoms with Crippen LogP contribution in [0.15, 0.2) is 24.3 Å². The summed E-state index contributed by atoms with van der Waals surface area (Å²) in [5.74, 6) is -0.709. The lowest BCUT2D eigenvalue weighted by atomic mass is 10.0. The lowest BCUT2D eigenvalue weighted by molar-refractivity contribution is -0.137. The van der Waals surface area contributed by atoms with Crippen molar-refractivity contribution in [3.05, 3.63) is 41.0 Å². The highest BCUT2D eigenvalue weighted by atomic mass is 19.4. The molecule has 0 aliphatic rings. The quantitative estimate of drug-likeness (QED) is 0.845. The maximum absolute atomic E-state index is 12.8. The SMILES string of the molecule is C=C(C)C(=O)Nc1cc(C(F)(F)F)c(C#N)cc1C#N. The maximum atomic E-state index is 12.8. The van der Waals surface area contributed by atoms with E-state index in [2.05, 4.69) is 11.9 Å². The number of carbonyl (C=O) groups excluding carboxylic acids is 1. The molecule has 0 heterocycles. The summed E-state index contributed by atoms with van der Waals surface area (Å²) in [7, 11) is 0. The van der Waals surface area contributed by atoms with E-state index in [0.29, 0.717) is 6.07 Å². The molecule has 0 spiro atoms. The Morgan fingerprint density at radius 2 is 1.80 bits per heavy atom. The zero-order chi connectivity index (χ0) is 15.5. The molecule has 0 aromatic heterocycles. The minimum absolute atomic E-state index is 0.0757. The minimum Gasteiger partial charge on any atom is -0.321 e. The number of nitrogens with one attached hydrogen (secondary N) is 1. The Labute approximate surface area is 112 Å². The average Bonchev–Trinajstić information content (AvgIpc) is 2.36. The van der Waals surface area contributed by atoms with Gasteiger partial charge < -0.3 is 5.32 Å². The summed E-state index contributed by atoms with van der Waals surface area (Å²) in [5, 5.41) is 19.7. The third kappa shape index (κ3) is 3.15. The van der Waals surface area contributed by atoms with Crippen LogP contribution >= 0.6 is 0 Å². The molecule has 1 rings (SSSR count). The molecular formula is C13H8F3N3O. The van der Waals surface area contributed by atoms with Crippen LogP contribution in [0.4, 0.5) is 18.9 Å². The van der Waals surface area contributed by atoms with Crippen molar-refractivity contribution in [3.63, 3.8) is 0 Å². The number of alkyl halides is 3. The summed E-state index contributed by atoms with van der Waals surface area (Å²) >= 11 is 0. The van der Waals surface area contributed by atoms with Gasteiger partial charge in [-0.05, 0) is 19.1 Å². The topological polar surface area (TPSA) is 76.7 Å². The highest BCUT2D eigenvalue weighted by Crippen LogP contribution is 2.35. The van der Waals surface area contributed by atoms with Crippen LogP contribution in [0, 0.1) is 22.7 Å². The number of nitriles is 2. The van der Waals surface area contributed by atoms with E-state index in [-0.39, 0.29) is 16.8 Å². The molecule has 0 bridgehead atoms. The molecule has 0 fully saturated rings. The summed E-state index contributed by atoms with van der Waals surface area (Å²) in [4.78, 5) is 11.4. The van der Waals surface area contributed by atoms with Crippen molar-refractivity contribution < 1.29 is 18.0 Å². The van der Waals surface area contributed by atoms with Gasteiger partial charge in [0.1, 0.15) is 6.07 Å². The van der Waals surface area contributed by atoms with E-state index in [4.69, 9.17) is 10.5 Å². The summed E-state index contributed by atoms with van der Waals surface area (Å²) in [6.07, 6.45) is -4.76. The van der Waals surface area contributed by atoms with Gasteiger partial charge in [-0.15, -0.1) is 0 Å². The van der Waals surface area contributed by atoms with Crippen LogP contribution in [0.2, 0.25) is 0 Å². The minimum atomic E-state index is -4.76. The van der Waals surface area contributed by atoms with Crippen molar-refractivity contribution in [1.82, 2.24) is 0 Å². The lowest BCUT2D eigenvalue weighted by Gasteiger charge is -2.13. The molecule has 1 amide bonds. The summed E-state index contributed by atoms with van der Waals surface area (Å²) < 4.78 is 38.3. The van der Waals surface area contributed by atoms with E-state index in [0.717, 1.165) is 6.07 Å². The lowest BCUT2D eigenvalue weighted by Crippen LogP contribution is -2.15. The van der Waals surface area contributed by atoms with Gasteiger partial charge >= 0.3 is 6.18 Å². The van der Waals surface area contributed by atoms with Crippen molar-refractivity contribution in [2.45, 2.75) is 13.1 Å². The van der Waals surface area contributed by atoms with Gasteiger partial charge in [-0.1, -0.05) is 6.58 Å². The number of benzene rings is 1. The highest BCUT2D eigenvalue weighted by Gasteiger charge is 2.34. The number of rotatable bonds is 2. The molecule has 0 atom stereocenters. The second-order valence-electron chi connectivity index (χ2n) is 3.90. The fraction of sp³-hybridized carbons (Fsp3) is 0.154. The van der Waals surface area contributed by atoms with E-state index in [1.54, 1.807) is 6.07 Å². The Morgan fingerprint density at radius 1 is 1.25 bits per heavy atom. The van der Waals surface area contributed by atoms with Crippen molar-refractivity contribution >= 4 is 11.6 Å². The van der Waals surface area contributed by atoms with Crippen LogP contribution in [-0.2, 0) is 11.0 Å². The van der Waals surface area contributed by atoms with E-state index in [1.807, 2.05) is 0 Å². The molecule has 1 aromatic carbocycles. The number of halogens is 3. The Bertz CT molecular complexity index is 663. The molecule has 1 aromatic rings. The molecular weight excluding hydrogens is 271 g/mol. The largest absolute Gasteiger partial charge is 0.417 e. The van der Waals surface area contributed by atoms with Gasteiger partial charge in [0.25, 0.3) is 5.91 Å². The first-order chi connectivity index (χ1) is 9.20. The van der Waals surface area contributed by atoms with E-state index in [9.17, 15) is 18.0 Å². The van der Waals surface area contributed by atoms with Gasteiger partial charge in [-0.2, -0.15) is 23.7 Å². The van der Waals surface area contributed by atoms with E-state index >= 15 is 0 Å². The second-order valence-corrected chi connectivity index (χ2v) is 3.90. The van der Waals surface area contributed by atoms with E-state index in [1.165, 1.54) is 13.0 Å². The maximum Gasteiger partial charge on any atom is 0.417 e. The van der Waals surface area contributed by atoms with Crippen LogP contribution < -0.4 is 5.32 Å². The Hall–Kier alpha value is -2.80. The number of carbonyl (C=O) groups is 1. The molecule has 7 heteroatoms. The fourth-order valence-corrected chi connectivity index (χ4v) is 1.35. The van der Waals surface area contributed by atoms with Crippen LogP contribution in [-0.4, -0.2) is 5.91 Å². The van der Waals surface area contributed by atoms with Crippen molar-refractivity contribution in [3.8, 4) is 12.1 Å². The zero-order valence-corrected chi connectivity index (χ0v) is 10.3. The van der Waals surface area contributed by atoms with Crippen LogP contribution in [0.3, 0.4) is 0 Å². The first kappa shape index (κ1) is 15.3. The molecule has 0 saturated heterocycles. The molecule has 4 nitrogen and oxygen atoms in total. The standard InChI is InChI=1S/C13H8F3N3O/c1-7(2)12(20)19-11-4-10(13(14,15)16)8(5-17)3-9(11)6-18/h3-4H,1H2,2H3,(H,19,20). The highest BCUT2D eigenvalue weighted by molar-refractivity contribution is 6.03. The van der Waals surface area contributed by atoms with Crippen LogP contribution in [0.1, 0.15) is 23.6 Å². The molecule has 0 aliphatic carbocycles. The third-order valence-corrected chi connectivity index (χ3v) is 2.34. The number of anilines is 1. The predicted octanol–water partition coefficient (Wildman–Crippen LogP) is 2.96. The van der Waals surface area contributed by atoms with E-state index < -0.39 is 23.2 Å². The first-order valence-corrected chi connectivity index (χ1v) is 5.23. The molecule has 0 saturated carbocycles. The fourth-order valence-electron chi connectivity index (χ4n) is 1.35. The second kappa shape index (κ2) is 5.45. The third-order valence-electron chi connectivity index (χ3n) is 2.34. The molecule has 0 unspecified atom stereocenters. The first-order valence-electron chi connectivity index (χ1n) is 5.23. The number of amides is 1. The summed E-state index contributed by atoms with van der Waals surface area (Å²) in [5.41, 5.74) is -2.36. The smallest absolute Gasteiger partial charge is 0.321 e. The van der Waals surface area contributed by atoms with Crippen molar-refractivity contribution in [2.75, 3.05) is 5.32 Å². The number of nitrogens with zero attached hydrogens (tertiary/aromatic N) is 2. The predicted molar refractivity (Wildman–Crippen MR) is 64.3 cm³/mol. The van der Waals surface area contributed by atoms with Gasteiger partial charge in [0.2, 0.25) is 0 Å². The molecule has 102 valence electrons. The molecule has 1 N–H and O–H groups in total. The molecule has 0 aliphatic heterocycles. The van der Waals surface area contributed by atoms with Crippen LogP contribution in [0.25, 0.3) is 0 Å². The number of hydrogen-bond donors (Lipinski definition) is 1. The zero-order valence-electron chi connectivity index (χ0n) is 10.3. The van der Waals surface area contributed by atoms with Gasteiger partial charge in [0.05, 0.1) is 28.4 Å². The van der Waals surface area contributed by atoms with Crippen molar-refractivity contribution in [1.29, 1.82) is 10.5 Å². The van der Waals surface area contributed by atoms with Gasteiger partial charge in [-0.3, -0.25) is 4.79 Å².